The van der Waals surface area contributed by atoms with Gasteiger partial charge < -0.3 is 5.73 Å². The zero-order chi connectivity index (χ0) is 10.0. The van der Waals surface area contributed by atoms with E-state index in [-0.39, 0.29) is 12.0 Å². The molecule has 0 fully saturated rings. The molecule has 1 aromatic rings. The molecule has 2 N–H and O–H groups in total. The van der Waals surface area contributed by atoms with Crippen molar-refractivity contribution < 1.29 is 13.2 Å². The number of hydrogen-bond acceptors (Lipinski definition) is 1. The average Bonchev–Trinajstić information content (AvgIpc) is 2.05. The second-order valence-corrected chi connectivity index (χ2v) is 3.00. The molecule has 4 heteroatoms. The molecular weight excluding hydrogens is 179 g/mol. The summed E-state index contributed by atoms with van der Waals surface area (Å²) in [7, 11) is 0. The summed E-state index contributed by atoms with van der Waals surface area (Å²) in [6.45, 7) is 1.60. The van der Waals surface area contributed by atoms with Crippen molar-refractivity contribution in [3.05, 3.63) is 35.1 Å². The molecule has 0 amide bonds. The van der Waals surface area contributed by atoms with E-state index >= 15 is 0 Å². The van der Waals surface area contributed by atoms with Crippen molar-refractivity contribution in [2.24, 2.45) is 5.73 Å². The zero-order valence-electron chi connectivity index (χ0n) is 7.15. The lowest BCUT2D eigenvalue weighted by atomic mass is 10.1. The summed E-state index contributed by atoms with van der Waals surface area (Å²) in [5, 5.41) is 0. The minimum Gasteiger partial charge on any atom is -0.328 e. The summed E-state index contributed by atoms with van der Waals surface area (Å²) < 4.78 is 38.5. The van der Waals surface area contributed by atoms with E-state index in [1.165, 1.54) is 0 Å². The van der Waals surface area contributed by atoms with E-state index in [1.807, 2.05) is 0 Å². The molecule has 1 aromatic carbocycles. The van der Waals surface area contributed by atoms with Crippen LogP contribution in [0.4, 0.5) is 13.2 Å². The molecular formula is C9H10F3N. The van der Waals surface area contributed by atoms with E-state index in [2.05, 4.69) is 0 Å². The molecule has 0 heterocycles. The molecule has 0 radical (unpaired) electrons. The summed E-state index contributed by atoms with van der Waals surface area (Å²) in [4.78, 5) is 0. The van der Waals surface area contributed by atoms with Crippen LogP contribution < -0.4 is 5.73 Å². The fourth-order valence-electron chi connectivity index (χ4n) is 1.08. The minimum atomic E-state index is -1.14. The first-order valence-electron chi connectivity index (χ1n) is 3.90. The van der Waals surface area contributed by atoms with E-state index in [0.29, 0.717) is 0 Å². The first-order valence-corrected chi connectivity index (χ1v) is 3.90. The fraction of sp³-hybridized carbons (Fsp3) is 0.333. The molecule has 1 rings (SSSR count). The molecule has 0 spiro atoms. The molecule has 1 nitrogen and oxygen atoms in total. The number of rotatable bonds is 2. The van der Waals surface area contributed by atoms with Crippen LogP contribution in [0.15, 0.2) is 12.1 Å². The first kappa shape index (κ1) is 10.1. The molecule has 0 bridgehead atoms. The van der Waals surface area contributed by atoms with E-state index in [4.69, 9.17) is 5.73 Å². The molecule has 0 saturated carbocycles. The van der Waals surface area contributed by atoms with Crippen LogP contribution in [0.5, 0.6) is 0 Å². The summed E-state index contributed by atoms with van der Waals surface area (Å²) in [6.07, 6.45) is -0.00454. The van der Waals surface area contributed by atoms with Crippen LogP contribution in [-0.4, -0.2) is 6.04 Å². The molecule has 72 valence electrons. The maximum absolute atomic E-state index is 13.0. The lowest BCUT2D eigenvalue weighted by Crippen LogP contribution is -2.19. The van der Waals surface area contributed by atoms with Gasteiger partial charge in [0.25, 0.3) is 0 Å². The summed E-state index contributed by atoms with van der Waals surface area (Å²) in [5.41, 5.74) is 5.07. The van der Waals surface area contributed by atoms with E-state index in [0.717, 1.165) is 12.1 Å². The van der Waals surface area contributed by atoms with Crippen molar-refractivity contribution in [1.29, 1.82) is 0 Å². The smallest absolute Gasteiger partial charge is 0.164 e. The van der Waals surface area contributed by atoms with Gasteiger partial charge in [0.05, 0.1) is 0 Å². The van der Waals surface area contributed by atoms with Gasteiger partial charge in [-0.3, -0.25) is 0 Å². The van der Waals surface area contributed by atoms with Crippen molar-refractivity contribution in [3.63, 3.8) is 0 Å². The van der Waals surface area contributed by atoms with E-state index < -0.39 is 23.5 Å². The number of halogens is 3. The van der Waals surface area contributed by atoms with Crippen molar-refractivity contribution in [2.45, 2.75) is 19.4 Å². The molecule has 1 atom stereocenters. The van der Waals surface area contributed by atoms with Gasteiger partial charge in [0.1, 0.15) is 5.82 Å². The number of hydrogen-bond donors (Lipinski definition) is 1. The third kappa shape index (κ3) is 2.21. The fourth-order valence-corrected chi connectivity index (χ4v) is 1.08. The third-order valence-electron chi connectivity index (χ3n) is 1.67. The predicted octanol–water partition coefficient (Wildman–Crippen LogP) is 1.99. The topological polar surface area (TPSA) is 26.0 Å². The molecule has 0 unspecified atom stereocenters. The standard InChI is InChI=1S/C9H10F3N/c1-5(13)4-6-7(10)2-3-8(11)9(6)12/h2-3,5H,4,13H2,1H3/t5-/m0/s1. The highest BCUT2D eigenvalue weighted by Crippen LogP contribution is 2.16. The van der Waals surface area contributed by atoms with Crippen LogP contribution in [0.2, 0.25) is 0 Å². The van der Waals surface area contributed by atoms with E-state index in [9.17, 15) is 13.2 Å². The van der Waals surface area contributed by atoms with Crippen LogP contribution in [0.1, 0.15) is 12.5 Å². The maximum atomic E-state index is 13.0. The average molecular weight is 189 g/mol. The Morgan fingerprint density at radius 2 is 1.77 bits per heavy atom. The molecule has 0 aromatic heterocycles. The lowest BCUT2D eigenvalue weighted by molar-refractivity contribution is 0.474. The molecule has 0 aliphatic heterocycles. The van der Waals surface area contributed by atoms with Crippen molar-refractivity contribution in [1.82, 2.24) is 0 Å². The predicted molar refractivity (Wildman–Crippen MR) is 43.7 cm³/mol. The zero-order valence-corrected chi connectivity index (χ0v) is 7.15. The molecule has 0 saturated heterocycles. The van der Waals surface area contributed by atoms with Crippen LogP contribution in [0.3, 0.4) is 0 Å². The normalized spacial score (nSPS) is 13.0. The van der Waals surface area contributed by atoms with E-state index in [1.54, 1.807) is 6.92 Å². The minimum absolute atomic E-state index is 0.00454. The quantitative estimate of drug-likeness (QED) is 0.707. The maximum Gasteiger partial charge on any atom is 0.164 e. The van der Waals surface area contributed by atoms with Gasteiger partial charge in [-0.1, -0.05) is 0 Å². The third-order valence-corrected chi connectivity index (χ3v) is 1.67. The van der Waals surface area contributed by atoms with Gasteiger partial charge in [0.15, 0.2) is 11.6 Å². The van der Waals surface area contributed by atoms with Crippen LogP contribution in [-0.2, 0) is 6.42 Å². The Bertz CT molecular complexity index is 310. The highest BCUT2D eigenvalue weighted by Gasteiger charge is 2.14. The summed E-state index contributed by atoms with van der Waals surface area (Å²) in [5.74, 6) is -2.94. The van der Waals surface area contributed by atoms with Crippen molar-refractivity contribution in [2.75, 3.05) is 0 Å². The second kappa shape index (κ2) is 3.79. The van der Waals surface area contributed by atoms with Gasteiger partial charge >= 0.3 is 0 Å². The molecule has 0 aliphatic rings. The Labute approximate surface area is 74.4 Å². The van der Waals surface area contributed by atoms with Crippen molar-refractivity contribution >= 4 is 0 Å². The van der Waals surface area contributed by atoms with Gasteiger partial charge in [0.2, 0.25) is 0 Å². The van der Waals surface area contributed by atoms with Crippen LogP contribution in [0, 0.1) is 17.5 Å². The summed E-state index contributed by atoms with van der Waals surface area (Å²) >= 11 is 0. The van der Waals surface area contributed by atoms with Crippen LogP contribution in [0.25, 0.3) is 0 Å². The Morgan fingerprint density at radius 3 is 2.31 bits per heavy atom. The first-order chi connectivity index (χ1) is 6.02. The monoisotopic (exact) mass is 189 g/mol. The van der Waals surface area contributed by atoms with Crippen LogP contribution >= 0.6 is 0 Å². The Balaban J connectivity index is 3.10. The highest BCUT2D eigenvalue weighted by atomic mass is 19.2. The second-order valence-electron chi connectivity index (χ2n) is 3.00. The number of benzene rings is 1. The number of nitrogens with two attached hydrogens (primary N) is 1. The molecule has 0 aliphatic carbocycles. The lowest BCUT2D eigenvalue weighted by Gasteiger charge is -2.07. The van der Waals surface area contributed by atoms with Gasteiger partial charge in [-0.2, -0.15) is 0 Å². The largest absolute Gasteiger partial charge is 0.328 e. The van der Waals surface area contributed by atoms with Gasteiger partial charge in [-0.25, -0.2) is 13.2 Å². The van der Waals surface area contributed by atoms with Crippen molar-refractivity contribution in [3.8, 4) is 0 Å². The Kier molecular flexibility index (Phi) is 2.93. The van der Waals surface area contributed by atoms with Gasteiger partial charge in [-0.15, -0.1) is 0 Å². The Hall–Kier alpha value is -1.03. The SMILES string of the molecule is C[C@H](N)Cc1c(F)ccc(F)c1F. The van der Waals surface area contributed by atoms with Gasteiger partial charge in [-0.05, 0) is 25.5 Å². The Morgan fingerprint density at radius 1 is 1.23 bits per heavy atom. The van der Waals surface area contributed by atoms with Gasteiger partial charge in [0, 0.05) is 11.6 Å². The highest BCUT2D eigenvalue weighted by molar-refractivity contribution is 5.21. The molecule has 13 heavy (non-hydrogen) atoms. The summed E-state index contributed by atoms with van der Waals surface area (Å²) in [6, 6.07) is 1.26.